The van der Waals surface area contributed by atoms with Gasteiger partial charge in [-0.1, -0.05) is 30.3 Å². The number of rotatable bonds is 9. The molecule has 0 aliphatic carbocycles. The highest BCUT2D eigenvalue weighted by molar-refractivity contribution is 5.96. The van der Waals surface area contributed by atoms with Crippen LogP contribution in [-0.2, 0) is 16.1 Å². The molecule has 0 bridgehead atoms. The van der Waals surface area contributed by atoms with Crippen LogP contribution < -0.4 is 10.6 Å². The van der Waals surface area contributed by atoms with Crippen LogP contribution in [-0.4, -0.2) is 74.1 Å². The number of carbonyl (C=O) groups excluding carboxylic acids is 2. The van der Waals surface area contributed by atoms with E-state index in [1.807, 2.05) is 18.2 Å². The van der Waals surface area contributed by atoms with Crippen molar-refractivity contribution in [3.63, 3.8) is 0 Å². The Bertz CT molecular complexity index is 836. The molecule has 1 fully saturated rings. The molecule has 2 aromatic carbocycles. The Morgan fingerprint density at radius 1 is 1.06 bits per heavy atom. The second kappa shape index (κ2) is 11.6. The van der Waals surface area contributed by atoms with Crippen LogP contribution in [0.15, 0.2) is 54.6 Å². The number of nitrogens with one attached hydrogen (secondary N) is 2. The Morgan fingerprint density at radius 3 is 2.39 bits per heavy atom. The first-order valence-corrected chi connectivity index (χ1v) is 10.7. The second-order valence-corrected chi connectivity index (χ2v) is 7.86. The van der Waals surface area contributed by atoms with Gasteiger partial charge in [-0.3, -0.25) is 19.4 Å². The number of benzene rings is 2. The maximum Gasteiger partial charge on any atom is 0.251 e. The Balaban J connectivity index is 1.63. The lowest BCUT2D eigenvalue weighted by molar-refractivity contribution is -0.118. The van der Waals surface area contributed by atoms with Gasteiger partial charge in [0.05, 0.1) is 19.8 Å². The summed E-state index contributed by atoms with van der Waals surface area (Å²) in [6.07, 6.45) is 0. The van der Waals surface area contributed by atoms with Gasteiger partial charge in [-0.15, -0.1) is 0 Å². The third-order valence-corrected chi connectivity index (χ3v) is 5.48. The number of morpholine rings is 1. The van der Waals surface area contributed by atoms with Gasteiger partial charge >= 0.3 is 0 Å². The van der Waals surface area contributed by atoms with E-state index >= 15 is 0 Å². The molecule has 1 aliphatic rings. The van der Waals surface area contributed by atoms with Crippen molar-refractivity contribution in [2.24, 2.45) is 0 Å². The van der Waals surface area contributed by atoms with E-state index in [0.717, 1.165) is 32.8 Å². The molecule has 0 radical (unpaired) electrons. The average Bonchev–Trinajstić information content (AvgIpc) is 2.80. The van der Waals surface area contributed by atoms with E-state index in [2.05, 4.69) is 39.5 Å². The van der Waals surface area contributed by atoms with Gasteiger partial charge < -0.3 is 15.4 Å². The van der Waals surface area contributed by atoms with Gasteiger partial charge in [0.25, 0.3) is 5.91 Å². The fourth-order valence-corrected chi connectivity index (χ4v) is 3.69. The van der Waals surface area contributed by atoms with Crippen LogP contribution in [0.3, 0.4) is 0 Å². The highest BCUT2D eigenvalue weighted by Crippen LogP contribution is 2.13. The minimum atomic E-state index is -0.149. The monoisotopic (exact) mass is 424 g/mol. The maximum atomic E-state index is 12.8. The van der Waals surface area contributed by atoms with Crippen molar-refractivity contribution in [3.05, 3.63) is 65.7 Å². The van der Waals surface area contributed by atoms with Crippen molar-refractivity contribution in [1.29, 1.82) is 0 Å². The van der Waals surface area contributed by atoms with Gasteiger partial charge in [0.15, 0.2) is 0 Å². The summed E-state index contributed by atoms with van der Waals surface area (Å²) in [5, 5.41) is 5.55. The molecule has 0 aromatic heterocycles. The van der Waals surface area contributed by atoms with Crippen molar-refractivity contribution < 1.29 is 14.3 Å². The van der Waals surface area contributed by atoms with E-state index in [1.165, 1.54) is 5.56 Å². The number of nitrogens with zero attached hydrogens (tertiary/aromatic N) is 2. The van der Waals surface area contributed by atoms with E-state index in [-0.39, 0.29) is 24.4 Å². The molecule has 0 saturated carbocycles. The predicted molar refractivity (Wildman–Crippen MR) is 122 cm³/mol. The van der Waals surface area contributed by atoms with Crippen molar-refractivity contribution >= 4 is 17.5 Å². The van der Waals surface area contributed by atoms with E-state index in [4.69, 9.17) is 4.74 Å². The smallest absolute Gasteiger partial charge is 0.251 e. The number of hydrogen-bond donors (Lipinski definition) is 2. The van der Waals surface area contributed by atoms with Gasteiger partial charge in [0.2, 0.25) is 5.91 Å². The molecule has 1 atom stereocenters. The standard InChI is InChI=1S/C24H32N4O3/c1-19(16-27-12-14-31-15-13-27)28(17-20-6-4-3-5-7-20)18-23(29)26-22-10-8-21(9-11-22)24(30)25-2/h3-11,19H,12-18H2,1-2H3,(H,25,30)(H,26,29). The molecular formula is C24H32N4O3. The average molecular weight is 425 g/mol. The van der Waals surface area contributed by atoms with Gasteiger partial charge in [0, 0.05) is 50.5 Å². The fourth-order valence-electron chi connectivity index (χ4n) is 3.69. The van der Waals surface area contributed by atoms with Crippen LogP contribution in [0.2, 0.25) is 0 Å². The van der Waals surface area contributed by atoms with E-state index in [1.54, 1.807) is 31.3 Å². The third-order valence-electron chi connectivity index (χ3n) is 5.48. The van der Waals surface area contributed by atoms with Crippen molar-refractivity contribution in [3.8, 4) is 0 Å². The fraction of sp³-hybridized carbons (Fsp3) is 0.417. The summed E-state index contributed by atoms with van der Waals surface area (Å²) in [7, 11) is 1.59. The lowest BCUT2D eigenvalue weighted by atomic mass is 10.1. The maximum absolute atomic E-state index is 12.8. The number of amides is 2. The Hall–Kier alpha value is -2.74. The Morgan fingerprint density at radius 2 is 1.74 bits per heavy atom. The highest BCUT2D eigenvalue weighted by atomic mass is 16.5. The summed E-state index contributed by atoms with van der Waals surface area (Å²) in [4.78, 5) is 29.1. The molecule has 3 rings (SSSR count). The third kappa shape index (κ3) is 7.17. The highest BCUT2D eigenvalue weighted by Gasteiger charge is 2.21. The van der Waals surface area contributed by atoms with Crippen LogP contribution >= 0.6 is 0 Å². The van der Waals surface area contributed by atoms with Crippen LogP contribution in [0, 0.1) is 0 Å². The van der Waals surface area contributed by atoms with Crippen molar-refractivity contribution in [2.75, 3.05) is 51.8 Å². The van der Waals surface area contributed by atoms with Crippen molar-refractivity contribution in [1.82, 2.24) is 15.1 Å². The van der Waals surface area contributed by atoms with Gasteiger partial charge in [0.1, 0.15) is 0 Å². The molecule has 166 valence electrons. The summed E-state index contributed by atoms with van der Waals surface area (Å²) >= 11 is 0. The minimum absolute atomic E-state index is 0.0718. The zero-order valence-corrected chi connectivity index (χ0v) is 18.3. The Labute approximate surface area is 184 Å². The zero-order chi connectivity index (χ0) is 22.1. The summed E-state index contributed by atoms with van der Waals surface area (Å²) in [5.74, 6) is -0.221. The molecule has 1 aliphatic heterocycles. The lowest BCUT2D eigenvalue weighted by Crippen LogP contribution is -2.47. The molecule has 7 heteroatoms. The predicted octanol–water partition coefficient (Wildman–Crippen LogP) is 2.21. The van der Waals surface area contributed by atoms with Gasteiger partial charge in [-0.2, -0.15) is 0 Å². The van der Waals surface area contributed by atoms with E-state index < -0.39 is 0 Å². The molecule has 2 aromatic rings. The normalized spacial score (nSPS) is 15.5. The van der Waals surface area contributed by atoms with E-state index in [0.29, 0.717) is 17.8 Å². The summed E-state index contributed by atoms with van der Waals surface area (Å²) in [6.45, 7) is 7.43. The molecule has 31 heavy (non-hydrogen) atoms. The zero-order valence-electron chi connectivity index (χ0n) is 18.3. The van der Waals surface area contributed by atoms with Crippen LogP contribution in [0.25, 0.3) is 0 Å². The molecule has 2 N–H and O–H groups in total. The lowest BCUT2D eigenvalue weighted by Gasteiger charge is -2.34. The van der Waals surface area contributed by atoms with Gasteiger partial charge in [-0.25, -0.2) is 0 Å². The second-order valence-electron chi connectivity index (χ2n) is 7.86. The number of hydrogen-bond acceptors (Lipinski definition) is 5. The first kappa shape index (κ1) is 22.9. The minimum Gasteiger partial charge on any atom is -0.379 e. The molecule has 0 spiro atoms. The van der Waals surface area contributed by atoms with Crippen molar-refractivity contribution in [2.45, 2.75) is 19.5 Å². The number of carbonyl (C=O) groups is 2. The summed E-state index contributed by atoms with van der Waals surface area (Å²) in [5.41, 5.74) is 2.42. The molecule has 1 heterocycles. The molecule has 7 nitrogen and oxygen atoms in total. The SMILES string of the molecule is CNC(=O)c1ccc(NC(=O)CN(Cc2ccccc2)C(C)CN2CCOCC2)cc1. The number of ether oxygens (including phenoxy) is 1. The van der Waals surface area contributed by atoms with E-state index in [9.17, 15) is 9.59 Å². The molecule has 1 unspecified atom stereocenters. The Kier molecular flexibility index (Phi) is 8.58. The largest absolute Gasteiger partial charge is 0.379 e. The van der Waals surface area contributed by atoms with Crippen LogP contribution in [0.4, 0.5) is 5.69 Å². The number of anilines is 1. The first-order chi connectivity index (χ1) is 15.0. The quantitative estimate of drug-likeness (QED) is 0.646. The van der Waals surface area contributed by atoms with Crippen LogP contribution in [0.1, 0.15) is 22.8 Å². The molecule has 1 saturated heterocycles. The van der Waals surface area contributed by atoms with Crippen LogP contribution in [0.5, 0.6) is 0 Å². The summed E-state index contributed by atoms with van der Waals surface area (Å²) < 4.78 is 5.45. The summed E-state index contributed by atoms with van der Waals surface area (Å²) in [6, 6.07) is 17.3. The molecular weight excluding hydrogens is 392 g/mol. The first-order valence-electron chi connectivity index (χ1n) is 10.7. The van der Waals surface area contributed by atoms with Gasteiger partial charge in [-0.05, 0) is 36.8 Å². The molecule has 2 amide bonds. The topological polar surface area (TPSA) is 73.9 Å².